The van der Waals surface area contributed by atoms with Crippen LogP contribution in [0.15, 0.2) is 18.2 Å². The van der Waals surface area contributed by atoms with E-state index in [2.05, 4.69) is 15.4 Å². The number of ketones is 1. The molecule has 0 aliphatic heterocycles. The Bertz CT molecular complexity index is 646. The number of aromatic amines is 1. The number of aromatic nitrogens is 3. The van der Waals surface area contributed by atoms with Crippen LogP contribution < -0.4 is 4.74 Å². The zero-order valence-corrected chi connectivity index (χ0v) is 10.9. The molecule has 0 bridgehead atoms. The molecular formula is C13H13N3O3. The van der Waals surface area contributed by atoms with Gasteiger partial charge >= 0.3 is 5.97 Å². The molecule has 0 saturated carbocycles. The Morgan fingerprint density at radius 2 is 2.00 bits per heavy atom. The quantitative estimate of drug-likeness (QED) is 0.668. The highest BCUT2D eigenvalue weighted by molar-refractivity contribution is 6.10. The number of ether oxygens (including phenoxy) is 1. The molecular weight excluding hydrogens is 246 g/mol. The van der Waals surface area contributed by atoms with Crippen LogP contribution in [0.2, 0.25) is 0 Å². The number of nitrogens with zero attached hydrogens (tertiary/aromatic N) is 2. The maximum absolute atomic E-state index is 12.4. The lowest BCUT2D eigenvalue weighted by atomic mass is 9.99. The van der Waals surface area contributed by atoms with Gasteiger partial charge in [0.1, 0.15) is 0 Å². The molecule has 0 atom stereocenters. The Kier molecular flexibility index (Phi) is 3.41. The minimum absolute atomic E-state index is 0.0731. The van der Waals surface area contributed by atoms with Crippen LogP contribution in [-0.2, 0) is 4.79 Å². The number of aryl methyl sites for hydroxylation is 1. The SMILES string of the molecule is CC(=O)Oc1nn[nH]c1C(=O)c1cccc(C)c1C. The van der Waals surface area contributed by atoms with E-state index in [-0.39, 0.29) is 17.4 Å². The van der Waals surface area contributed by atoms with E-state index in [1.807, 2.05) is 19.9 Å². The van der Waals surface area contributed by atoms with Crippen molar-refractivity contribution in [1.82, 2.24) is 15.4 Å². The Morgan fingerprint density at radius 3 is 2.68 bits per heavy atom. The van der Waals surface area contributed by atoms with E-state index in [1.54, 1.807) is 12.1 Å². The number of hydrogen-bond acceptors (Lipinski definition) is 5. The molecule has 0 saturated heterocycles. The van der Waals surface area contributed by atoms with Crippen molar-refractivity contribution in [2.75, 3.05) is 0 Å². The van der Waals surface area contributed by atoms with Crippen LogP contribution in [0.4, 0.5) is 0 Å². The first-order valence-corrected chi connectivity index (χ1v) is 5.71. The number of carbonyl (C=O) groups is 2. The average Bonchev–Trinajstić information content (AvgIpc) is 2.79. The summed E-state index contributed by atoms with van der Waals surface area (Å²) in [6, 6.07) is 5.43. The van der Waals surface area contributed by atoms with Crippen LogP contribution in [-0.4, -0.2) is 27.2 Å². The second-order valence-corrected chi connectivity index (χ2v) is 4.16. The summed E-state index contributed by atoms with van der Waals surface area (Å²) < 4.78 is 4.83. The minimum atomic E-state index is -0.552. The van der Waals surface area contributed by atoms with Crippen molar-refractivity contribution in [3.63, 3.8) is 0 Å². The topological polar surface area (TPSA) is 84.9 Å². The largest absolute Gasteiger partial charge is 0.403 e. The third kappa shape index (κ3) is 2.52. The minimum Gasteiger partial charge on any atom is -0.403 e. The summed E-state index contributed by atoms with van der Waals surface area (Å²) in [5, 5.41) is 9.55. The van der Waals surface area contributed by atoms with Gasteiger partial charge in [-0.1, -0.05) is 28.5 Å². The van der Waals surface area contributed by atoms with Crippen LogP contribution in [0.25, 0.3) is 0 Å². The van der Waals surface area contributed by atoms with Crippen molar-refractivity contribution < 1.29 is 14.3 Å². The monoisotopic (exact) mass is 259 g/mol. The van der Waals surface area contributed by atoms with E-state index in [0.29, 0.717) is 5.56 Å². The molecule has 0 unspecified atom stereocenters. The number of esters is 1. The molecule has 19 heavy (non-hydrogen) atoms. The molecule has 0 radical (unpaired) electrons. The number of benzene rings is 1. The van der Waals surface area contributed by atoms with Gasteiger partial charge in [0, 0.05) is 12.5 Å². The lowest BCUT2D eigenvalue weighted by Crippen LogP contribution is -2.10. The molecule has 6 nitrogen and oxygen atoms in total. The fourth-order valence-corrected chi connectivity index (χ4v) is 1.71. The molecule has 2 aromatic rings. The van der Waals surface area contributed by atoms with Crippen LogP contribution in [0, 0.1) is 13.8 Å². The summed E-state index contributed by atoms with van der Waals surface area (Å²) in [5.74, 6) is -0.954. The normalized spacial score (nSPS) is 10.3. The zero-order chi connectivity index (χ0) is 14.0. The maximum atomic E-state index is 12.4. The van der Waals surface area contributed by atoms with E-state index < -0.39 is 5.97 Å². The number of carbonyl (C=O) groups excluding carboxylic acids is 2. The summed E-state index contributed by atoms with van der Waals surface area (Å²) >= 11 is 0. The van der Waals surface area contributed by atoms with Crippen molar-refractivity contribution in [3.8, 4) is 5.88 Å². The predicted octanol–water partition coefficient (Wildman–Crippen LogP) is 1.58. The van der Waals surface area contributed by atoms with Crippen LogP contribution in [0.3, 0.4) is 0 Å². The fraction of sp³-hybridized carbons (Fsp3) is 0.231. The molecule has 6 heteroatoms. The first-order chi connectivity index (χ1) is 9.00. The fourth-order valence-electron chi connectivity index (χ4n) is 1.71. The predicted molar refractivity (Wildman–Crippen MR) is 67.0 cm³/mol. The molecule has 0 spiro atoms. The van der Waals surface area contributed by atoms with Crippen molar-refractivity contribution in [2.24, 2.45) is 0 Å². The second kappa shape index (κ2) is 5.01. The van der Waals surface area contributed by atoms with Crippen molar-refractivity contribution in [2.45, 2.75) is 20.8 Å². The summed E-state index contributed by atoms with van der Waals surface area (Å²) in [4.78, 5) is 23.3. The lowest BCUT2D eigenvalue weighted by Gasteiger charge is -2.06. The smallest absolute Gasteiger partial charge is 0.309 e. The summed E-state index contributed by atoms with van der Waals surface area (Å²) in [5.41, 5.74) is 2.48. The zero-order valence-electron chi connectivity index (χ0n) is 10.9. The summed E-state index contributed by atoms with van der Waals surface area (Å²) in [6.45, 7) is 5.02. The van der Waals surface area contributed by atoms with E-state index in [1.165, 1.54) is 6.92 Å². The van der Waals surface area contributed by atoms with Gasteiger partial charge < -0.3 is 4.74 Å². The van der Waals surface area contributed by atoms with E-state index in [9.17, 15) is 9.59 Å². The Balaban J connectivity index is 2.42. The number of nitrogens with one attached hydrogen (secondary N) is 1. The number of rotatable bonds is 3. The van der Waals surface area contributed by atoms with Gasteiger partial charge in [0.2, 0.25) is 5.78 Å². The van der Waals surface area contributed by atoms with Gasteiger partial charge in [0.05, 0.1) is 0 Å². The summed E-state index contributed by atoms with van der Waals surface area (Å²) in [7, 11) is 0. The molecule has 0 aliphatic carbocycles. The highest BCUT2D eigenvalue weighted by Gasteiger charge is 2.21. The molecule has 1 aromatic carbocycles. The van der Waals surface area contributed by atoms with Gasteiger partial charge in [-0.2, -0.15) is 0 Å². The van der Waals surface area contributed by atoms with Gasteiger partial charge in [-0.05, 0) is 25.0 Å². The van der Waals surface area contributed by atoms with Gasteiger partial charge in [-0.25, -0.2) is 0 Å². The number of H-pyrrole nitrogens is 1. The summed E-state index contributed by atoms with van der Waals surface area (Å²) in [6.07, 6.45) is 0. The van der Waals surface area contributed by atoms with Gasteiger partial charge in [0.15, 0.2) is 5.69 Å². The van der Waals surface area contributed by atoms with Gasteiger partial charge in [-0.15, -0.1) is 0 Å². The van der Waals surface area contributed by atoms with Crippen LogP contribution >= 0.6 is 0 Å². The van der Waals surface area contributed by atoms with Crippen molar-refractivity contribution in [1.29, 1.82) is 0 Å². The van der Waals surface area contributed by atoms with E-state index >= 15 is 0 Å². The molecule has 2 rings (SSSR count). The lowest BCUT2D eigenvalue weighted by molar-refractivity contribution is -0.132. The Hall–Kier alpha value is -2.50. The van der Waals surface area contributed by atoms with Crippen molar-refractivity contribution in [3.05, 3.63) is 40.6 Å². The maximum Gasteiger partial charge on any atom is 0.309 e. The van der Waals surface area contributed by atoms with Crippen LogP contribution in [0.1, 0.15) is 34.1 Å². The third-order valence-electron chi connectivity index (χ3n) is 2.83. The number of hydrogen-bond donors (Lipinski definition) is 1. The first-order valence-electron chi connectivity index (χ1n) is 5.71. The highest BCUT2D eigenvalue weighted by atomic mass is 16.5. The standard InChI is InChI=1S/C13H13N3O3/c1-7-5-4-6-10(8(7)2)12(18)11-13(15-16-14-11)19-9(3)17/h4-6H,1-3H3,(H,14,15,16). The molecule has 98 valence electrons. The molecule has 1 heterocycles. The average molecular weight is 259 g/mol. The second-order valence-electron chi connectivity index (χ2n) is 4.16. The first kappa shape index (κ1) is 12.9. The Morgan fingerprint density at radius 1 is 1.26 bits per heavy atom. The molecule has 0 amide bonds. The van der Waals surface area contributed by atoms with Crippen LogP contribution in [0.5, 0.6) is 5.88 Å². The van der Waals surface area contributed by atoms with Crippen molar-refractivity contribution >= 4 is 11.8 Å². The van der Waals surface area contributed by atoms with E-state index in [4.69, 9.17) is 4.74 Å². The molecule has 1 N–H and O–H groups in total. The van der Waals surface area contributed by atoms with Gasteiger partial charge in [-0.3, -0.25) is 14.7 Å². The van der Waals surface area contributed by atoms with Gasteiger partial charge in [0.25, 0.3) is 5.88 Å². The Labute approximate surface area is 109 Å². The highest BCUT2D eigenvalue weighted by Crippen LogP contribution is 2.20. The molecule has 0 aliphatic rings. The molecule has 1 aromatic heterocycles. The third-order valence-corrected chi connectivity index (χ3v) is 2.83. The molecule has 0 fully saturated rings. The van der Waals surface area contributed by atoms with E-state index in [0.717, 1.165) is 11.1 Å².